The lowest BCUT2D eigenvalue weighted by atomic mass is 9.86. The highest BCUT2D eigenvalue weighted by atomic mass is 15.0. The van der Waals surface area contributed by atoms with E-state index < -0.39 is 0 Å². The van der Waals surface area contributed by atoms with Crippen molar-refractivity contribution in [1.82, 2.24) is 4.57 Å². The molecule has 0 bridgehead atoms. The fraction of sp³-hybridized carbons (Fsp3) is 0.143. The molecule has 1 aromatic heterocycles. The fourth-order valence-electron chi connectivity index (χ4n) is 6.89. The van der Waals surface area contributed by atoms with Crippen molar-refractivity contribution in [3.8, 4) is 16.8 Å². The van der Waals surface area contributed by atoms with Crippen molar-refractivity contribution < 1.29 is 0 Å². The predicted molar refractivity (Wildman–Crippen MR) is 220 cm³/mol. The number of nitrogens with zero attached hydrogens (tertiary/aromatic N) is 1. The molecule has 0 saturated heterocycles. The third-order valence-corrected chi connectivity index (χ3v) is 9.64. The molecule has 1 atom stereocenters. The molecule has 0 saturated carbocycles. The zero-order valence-corrected chi connectivity index (χ0v) is 29.9. The van der Waals surface area contributed by atoms with Gasteiger partial charge in [-0.1, -0.05) is 148 Å². The lowest BCUT2D eigenvalue weighted by Crippen LogP contribution is -2.10. The Labute approximate surface area is 303 Å². The van der Waals surface area contributed by atoms with Gasteiger partial charge in [-0.25, -0.2) is 0 Å². The van der Waals surface area contributed by atoms with Crippen LogP contribution in [0.1, 0.15) is 49.8 Å². The Hall–Kier alpha value is -5.86. The summed E-state index contributed by atoms with van der Waals surface area (Å²) in [5, 5.41) is 6.27. The van der Waals surface area contributed by atoms with Gasteiger partial charge in [0.25, 0.3) is 0 Å². The van der Waals surface area contributed by atoms with Crippen LogP contribution in [-0.4, -0.2) is 4.57 Å². The molecule has 6 aromatic carbocycles. The molecule has 0 aliphatic carbocycles. The summed E-state index contributed by atoms with van der Waals surface area (Å²) < 4.78 is 2.39. The standard InChI is InChI=1S/C49H46N2/c1-5-16-43(33-39(37-20-11-7-12-21-37)22-15-19-36-17-9-6-10-18-36)50-42-29-25-38(26-30-42)40-27-31-47-45(34-40)46-35-41(49(2,3)4)28-32-48(46)51(47)44-23-13-8-14-24-44/h5-15,17-18,20-35,39,50H,1,16,19H2,2-4H3/b22-15-,43-33-. The molecule has 1 unspecified atom stereocenters. The zero-order chi connectivity index (χ0) is 35.2. The number of rotatable bonds is 11. The molecule has 0 aliphatic rings. The van der Waals surface area contributed by atoms with E-state index in [1.54, 1.807) is 0 Å². The summed E-state index contributed by atoms with van der Waals surface area (Å²) in [4.78, 5) is 0. The van der Waals surface area contributed by atoms with E-state index in [4.69, 9.17) is 0 Å². The Balaban J connectivity index is 1.19. The molecule has 7 aromatic rings. The van der Waals surface area contributed by atoms with Gasteiger partial charge in [-0.2, -0.15) is 0 Å². The minimum atomic E-state index is 0.0638. The zero-order valence-electron chi connectivity index (χ0n) is 29.9. The van der Waals surface area contributed by atoms with Crippen molar-refractivity contribution >= 4 is 27.5 Å². The second-order valence-electron chi connectivity index (χ2n) is 14.3. The van der Waals surface area contributed by atoms with Crippen LogP contribution in [0.2, 0.25) is 0 Å². The minimum Gasteiger partial charge on any atom is -0.359 e. The van der Waals surface area contributed by atoms with Gasteiger partial charge in [0.05, 0.1) is 11.0 Å². The molecule has 0 radical (unpaired) electrons. The summed E-state index contributed by atoms with van der Waals surface area (Å²) in [6.07, 6.45) is 10.5. The van der Waals surface area contributed by atoms with E-state index in [0.29, 0.717) is 0 Å². The maximum absolute atomic E-state index is 4.06. The van der Waals surface area contributed by atoms with E-state index in [2.05, 4.69) is 207 Å². The first-order chi connectivity index (χ1) is 24.9. The van der Waals surface area contributed by atoms with Crippen LogP contribution >= 0.6 is 0 Å². The average molecular weight is 663 g/mol. The minimum absolute atomic E-state index is 0.0638. The summed E-state index contributed by atoms with van der Waals surface area (Å²) in [7, 11) is 0. The van der Waals surface area contributed by atoms with Crippen LogP contribution in [0, 0.1) is 0 Å². The highest BCUT2D eigenvalue weighted by molar-refractivity contribution is 6.10. The molecule has 1 N–H and O–H groups in total. The smallest absolute Gasteiger partial charge is 0.0541 e. The van der Waals surface area contributed by atoms with Crippen molar-refractivity contribution in [2.45, 2.75) is 44.9 Å². The largest absolute Gasteiger partial charge is 0.359 e. The van der Waals surface area contributed by atoms with Crippen LogP contribution in [-0.2, 0) is 11.8 Å². The van der Waals surface area contributed by atoms with E-state index in [0.717, 1.165) is 24.2 Å². The predicted octanol–water partition coefficient (Wildman–Crippen LogP) is 13.2. The summed E-state index contributed by atoms with van der Waals surface area (Å²) in [5.74, 6) is 0.139. The summed E-state index contributed by atoms with van der Waals surface area (Å²) in [5.41, 5.74) is 12.2. The Morgan fingerprint density at radius 3 is 1.96 bits per heavy atom. The third kappa shape index (κ3) is 7.66. The molecule has 2 heteroatoms. The Morgan fingerprint density at radius 1 is 0.686 bits per heavy atom. The molecule has 7 rings (SSSR count). The fourth-order valence-corrected chi connectivity index (χ4v) is 6.89. The second-order valence-corrected chi connectivity index (χ2v) is 14.3. The van der Waals surface area contributed by atoms with Crippen molar-refractivity contribution in [1.29, 1.82) is 0 Å². The van der Waals surface area contributed by atoms with Crippen molar-refractivity contribution in [3.05, 3.63) is 205 Å². The first-order valence-corrected chi connectivity index (χ1v) is 18.0. The number of fused-ring (bicyclic) bond motifs is 3. The lowest BCUT2D eigenvalue weighted by Gasteiger charge is -2.19. The molecule has 1 heterocycles. The van der Waals surface area contributed by atoms with Gasteiger partial charge < -0.3 is 9.88 Å². The van der Waals surface area contributed by atoms with Gasteiger partial charge in [-0.3, -0.25) is 0 Å². The topological polar surface area (TPSA) is 17.0 Å². The molecule has 51 heavy (non-hydrogen) atoms. The maximum Gasteiger partial charge on any atom is 0.0541 e. The third-order valence-electron chi connectivity index (χ3n) is 9.64. The van der Waals surface area contributed by atoms with Crippen LogP contribution in [0.5, 0.6) is 0 Å². The van der Waals surface area contributed by atoms with E-state index in [-0.39, 0.29) is 11.3 Å². The number of hydrogen-bond donors (Lipinski definition) is 1. The SMILES string of the molecule is C=CC/C(=C/C(/C=C\Cc1ccccc1)c1ccccc1)Nc1ccc(-c2ccc3c(c2)c2cc(C(C)(C)C)ccc2n3-c2ccccc2)cc1. The van der Waals surface area contributed by atoms with Crippen molar-refractivity contribution in [2.24, 2.45) is 0 Å². The number of aromatic nitrogens is 1. The number of benzene rings is 6. The highest BCUT2D eigenvalue weighted by Crippen LogP contribution is 2.37. The second kappa shape index (κ2) is 14.9. The summed E-state index contributed by atoms with van der Waals surface area (Å²) in [6.45, 7) is 10.9. The Bertz CT molecular complexity index is 2300. The summed E-state index contributed by atoms with van der Waals surface area (Å²) >= 11 is 0. The van der Waals surface area contributed by atoms with Crippen LogP contribution in [0.25, 0.3) is 38.6 Å². The van der Waals surface area contributed by atoms with Crippen molar-refractivity contribution in [2.75, 3.05) is 5.32 Å². The molecule has 0 spiro atoms. The van der Waals surface area contributed by atoms with Crippen LogP contribution in [0.3, 0.4) is 0 Å². The van der Waals surface area contributed by atoms with Gasteiger partial charge in [-0.15, -0.1) is 6.58 Å². The average Bonchev–Trinajstić information content (AvgIpc) is 3.49. The van der Waals surface area contributed by atoms with Crippen molar-refractivity contribution in [3.63, 3.8) is 0 Å². The number of hydrogen-bond acceptors (Lipinski definition) is 1. The number of allylic oxidation sites excluding steroid dienone is 4. The Kier molecular flexibility index (Phi) is 9.85. The number of nitrogens with one attached hydrogen (secondary N) is 1. The highest BCUT2D eigenvalue weighted by Gasteiger charge is 2.18. The molecule has 2 nitrogen and oxygen atoms in total. The van der Waals surface area contributed by atoms with E-state index in [9.17, 15) is 0 Å². The molecular weight excluding hydrogens is 617 g/mol. The lowest BCUT2D eigenvalue weighted by molar-refractivity contribution is 0.591. The quantitative estimate of drug-likeness (QED) is 0.136. The van der Waals surface area contributed by atoms with E-state index in [1.807, 2.05) is 6.08 Å². The monoisotopic (exact) mass is 662 g/mol. The van der Waals surface area contributed by atoms with E-state index in [1.165, 1.54) is 55.3 Å². The van der Waals surface area contributed by atoms with Gasteiger partial charge in [0.1, 0.15) is 0 Å². The van der Waals surface area contributed by atoms with Gasteiger partial charge in [0.2, 0.25) is 0 Å². The number of para-hydroxylation sites is 1. The number of anilines is 1. The Morgan fingerprint density at radius 2 is 1.29 bits per heavy atom. The van der Waals surface area contributed by atoms with Crippen LogP contribution in [0.15, 0.2) is 188 Å². The molecule has 0 amide bonds. The van der Waals surface area contributed by atoms with Crippen LogP contribution < -0.4 is 5.32 Å². The summed E-state index contributed by atoms with van der Waals surface area (Å²) in [6, 6.07) is 54.7. The molecule has 0 fully saturated rings. The molecular formula is C49H46N2. The molecule has 252 valence electrons. The first kappa shape index (κ1) is 33.6. The first-order valence-electron chi connectivity index (χ1n) is 18.0. The van der Waals surface area contributed by atoms with Crippen LogP contribution in [0.4, 0.5) is 5.69 Å². The normalized spacial score (nSPS) is 12.8. The van der Waals surface area contributed by atoms with Gasteiger partial charge in [0.15, 0.2) is 0 Å². The molecule has 0 aliphatic heterocycles. The van der Waals surface area contributed by atoms with Gasteiger partial charge in [-0.05, 0) is 88.2 Å². The van der Waals surface area contributed by atoms with E-state index >= 15 is 0 Å². The van der Waals surface area contributed by atoms with Gasteiger partial charge >= 0.3 is 0 Å². The maximum atomic E-state index is 4.06. The van der Waals surface area contributed by atoms with Gasteiger partial charge in [0, 0.05) is 40.2 Å².